The number of nitrogens with zero attached hydrogens (tertiary/aromatic N) is 1. The van der Waals surface area contributed by atoms with Gasteiger partial charge in [-0.05, 0) is 37.5 Å². The van der Waals surface area contributed by atoms with Gasteiger partial charge in [0.25, 0.3) is 21.9 Å². The van der Waals surface area contributed by atoms with Crippen molar-refractivity contribution in [1.82, 2.24) is 10.2 Å². The summed E-state index contributed by atoms with van der Waals surface area (Å²) in [6.45, 7) is 0.407. The molecule has 3 aliphatic rings. The molecule has 0 spiro atoms. The molecule has 2 fully saturated rings. The Morgan fingerprint density at radius 2 is 1.62 bits per heavy atom. The molecule has 11 nitrogen and oxygen atoms in total. The average Bonchev–Trinajstić information content (AvgIpc) is 3.11. The van der Waals surface area contributed by atoms with Gasteiger partial charge in [-0.1, -0.05) is 0 Å². The first kappa shape index (κ1) is 25.4. The average molecular weight is 438 g/mol. The van der Waals surface area contributed by atoms with Crippen molar-refractivity contribution in [2.75, 3.05) is 6.54 Å². The molecular weight excluding hydrogens is 419 g/mol. The van der Waals surface area contributed by atoms with Gasteiger partial charge in [-0.15, -0.1) is 0 Å². The van der Waals surface area contributed by atoms with Crippen LogP contribution in [0.2, 0.25) is 0 Å². The standard InChI is InChI=1S/C12H15NO4.C4H5NO5S.Na/c14-10-5-6-11(15)13(10)7-8-1-3-9(4-2-8)12(16)17;6-3-1-2(4(7)5-3)11(8,9)10;/h5-6,8-9H,1-4,7H2,(H,16,17);2H,1H2,(H,5,6,7)(H,8,9,10);/q;;+1/p-1. The predicted octanol–water partition coefficient (Wildman–Crippen LogP) is -5.24. The van der Waals surface area contributed by atoms with Gasteiger partial charge in [-0.3, -0.25) is 33.9 Å². The normalized spacial score (nSPS) is 26.5. The first-order valence-corrected chi connectivity index (χ1v) is 10.0. The third kappa shape index (κ3) is 7.00. The van der Waals surface area contributed by atoms with E-state index in [1.165, 1.54) is 17.1 Å². The predicted molar refractivity (Wildman–Crippen MR) is 89.4 cm³/mol. The number of hydrogen-bond donors (Lipinski definition) is 2. The maximum atomic E-state index is 11.3. The van der Waals surface area contributed by atoms with Crippen LogP contribution in [0, 0.1) is 11.8 Å². The summed E-state index contributed by atoms with van der Waals surface area (Å²) >= 11 is 0. The van der Waals surface area contributed by atoms with Gasteiger partial charge in [0.05, 0.1) is 6.42 Å². The number of rotatable bonds is 4. The van der Waals surface area contributed by atoms with Gasteiger partial charge in [0.1, 0.15) is 0 Å². The summed E-state index contributed by atoms with van der Waals surface area (Å²) in [4.78, 5) is 55.5. The van der Waals surface area contributed by atoms with Crippen molar-refractivity contribution in [2.45, 2.75) is 37.4 Å². The summed E-state index contributed by atoms with van der Waals surface area (Å²) in [6.07, 6.45) is 4.68. The van der Waals surface area contributed by atoms with Crippen molar-refractivity contribution < 1.29 is 71.6 Å². The Morgan fingerprint density at radius 3 is 1.97 bits per heavy atom. The van der Waals surface area contributed by atoms with Crippen molar-refractivity contribution in [3.8, 4) is 0 Å². The quantitative estimate of drug-likeness (QED) is 0.246. The fourth-order valence-electron chi connectivity index (χ4n) is 3.22. The molecular formula is C16H19N2NaO9S. The Labute approximate surface area is 188 Å². The van der Waals surface area contributed by atoms with E-state index in [0.29, 0.717) is 19.4 Å². The Hall–Kier alpha value is -1.60. The molecule has 13 heteroatoms. The van der Waals surface area contributed by atoms with Crippen molar-refractivity contribution in [3.63, 3.8) is 0 Å². The van der Waals surface area contributed by atoms with Gasteiger partial charge < -0.3 is 9.90 Å². The van der Waals surface area contributed by atoms with Crippen LogP contribution in [0.5, 0.6) is 0 Å². The molecule has 0 bridgehead atoms. The largest absolute Gasteiger partial charge is 1.00 e. The molecule has 2 heterocycles. The molecule has 3 rings (SSSR count). The maximum Gasteiger partial charge on any atom is 1.00 e. The van der Waals surface area contributed by atoms with Crippen LogP contribution in [-0.2, 0) is 34.1 Å². The van der Waals surface area contributed by atoms with Crippen LogP contribution in [0.15, 0.2) is 12.2 Å². The summed E-state index contributed by atoms with van der Waals surface area (Å²) in [5, 5.41) is 10.8. The molecule has 0 aromatic heterocycles. The molecule has 0 aromatic rings. The SMILES string of the molecule is O=C([O-])C1CCC(CN2C(=O)C=CC2=O)CC1.O=C1CC(S(=O)(=O)O)C(=O)N1.[Na+]. The summed E-state index contributed by atoms with van der Waals surface area (Å²) in [7, 11) is -4.42. The number of imide groups is 2. The van der Waals surface area contributed by atoms with E-state index in [1.54, 1.807) is 5.32 Å². The molecule has 1 aliphatic carbocycles. The second-order valence-corrected chi connectivity index (χ2v) is 8.38. The van der Waals surface area contributed by atoms with Gasteiger partial charge in [0.2, 0.25) is 11.8 Å². The second kappa shape index (κ2) is 10.4. The minimum atomic E-state index is -4.42. The van der Waals surface area contributed by atoms with Crippen LogP contribution in [0.4, 0.5) is 0 Å². The van der Waals surface area contributed by atoms with Gasteiger partial charge in [-0.25, -0.2) is 0 Å². The van der Waals surface area contributed by atoms with E-state index in [1.807, 2.05) is 0 Å². The molecule has 0 aromatic carbocycles. The van der Waals surface area contributed by atoms with Crippen LogP contribution >= 0.6 is 0 Å². The third-order valence-electron chi connectivity index (χ3n) is 4.81. The van der Waals surface area contributed by atoms with E-state index in [2.05, 4.69) is 0 Å². The van der Waals surface area contributed by atoms with Crippen LogP contribution in [-0.4, -0.2) is 59.3 Å². The fraction of sp³-hybridized carbons (Fsp3) is 0.562. The van der Waals surface area contributed by atoms with Gasteiger partial charge >= 0.3 is 29.6 Å². The summed E-state index contributed by atoms with van der Waals surface area (Å²) < 4.78 is 29.0. The molecule has 2 aliphatic heterocycles. The zero-order valence-corrected chi connectivity index (χ0v) is 18.5. The minimum Gasteiger partial charge on any atom is -0.550 e. The molecule has 1 saturated heterocycles. The van der Waals surface area contributed by atoms with Crippen LogP contribution in [0.3, 0.4) is 0 Å². The molecule has 1 atom stereocenters. The van der Waals surface area contributed by atoms with Crippen LogP contribution in [0.1, 0.15) is 32.1 Å². The Morgan fingerprint density at radius 1 is 1.10 bits per heavy atom. The number of hydrogen-bond acceptors (Lipinski definition) is 8. The zero-order valence-electron chi connectivity index (χ0n) is 15.7. The Kier molecular flexibility index (Phi) is 9.15. The molecule has 2 N–H and O–H groups in total. The first-order chi connectivity index (χ1) is 13.0. The smallest absolute Gasteiger partial charge is 0.550 e. The first-order valence-electron chi connectivity index (χ1n) is 8.53. The summed E-state index contributed by atoms with van der Waals surface area (Å²) in [5.41, 5.74) is 0. The Balaban J connectivity index is 0.000000306. The zero-order chi connectivity index (χ0) is 21.1. The van der Waals surface area contributed by atoms with E-state index < -0.39 is 39.6 Å². The maximum absolute atomic E-state index is 11.3. The molecule has 0 radical (unpaired) electrons. The fourth-order valence-corrected chi connectivity index (χ4v) is 3.91. The summed E-state index contributed by atoms with van der Waals surface area (Å²) in [5.74, 6) is -3.31. The van der Waals surface area contributed by atoms with E-state index >= 15 is 0 Å². The number of nitrogens with one attached hydrogen (secondary N) is 1. The van der Waals surface area contributed by atoms with E-state index in [4.69, 9.17) is 4.55 Å². The number of carboxylic acid groups (broad SMARTS) is 1. The minimum absolute atomic E-state index is 0. The topological polar surface area (TPSA) is 178 Å². The second-order valence-electron chi connectivity index (χ2n) is 6.78. The number of aliphatic carboxylic acids is 1. The van der Waals surface area contributed by atoms with E-state index in [9.17, 15) is 37.5 Å². The third-order valence-corrected chi connectivity index (χ3v) is 5.91. The number of carbonyl (C=O) groups is 5. The van der Waals surface area contributed by atoms with Crippen molar-refractivity contribution in [3.05, 3.63) is 12.2 Å². The monoisotopic (exact) mass is 438 g/mol. The van der Waals surface area contributed by atoms with Gasteiger partial charge in [-0.2, -0.15) is 8.42 Å². The Bertz CT molecular complexity index is 813. The molecule has 1 unspecified atom stereocenters. The van der Waals surface area contributed by atoms with Crippen molar-refractivity contribution in [2.24, 2.45) is 11.8 Å². The number of carboxylic acids is 1. The van der Waals surface area contributed by atoms with Gasteiger partial charge in [0, 0.05) is 24.7 Å². The summed E-state index contributed by atoms with van der Waals surface area (Å²) in [6, 6.07) is 0. The van der Waals surface area contributed by atoms with Gasteiger partial charge in [0.15, 0.2) is 5.25 Å². The van der Waals surface area contributed by atoms with Crippen LogP contribution < -0.4 is 40.0 Å². The van der Waals surface area contributed by atoms with Crippen LogP contribution in [0.25, 0.3) is 0 Å². The molecule has 29 heavy (non-hydrogen) atoms. The number of carbonyl (C=O) groups excluding carboxylic acids is 5. The molecule has 154 valence electrons. The van der Waals surface area contributed by atoms with E-state index in [0.717, 1.165) is 12.8 Å². The molecule has 1 saturated carbocycles. The van der Waals surface area contributed by atoms with Crippen molar-refractivity contribution >= 4 is 39.7 Å². The number of amides is 4. The van der Waals surface area contributed by atoms with Crippen molar-refractivity contribution in [1.29, 1.82) is 0 Å². The molecule has 4 amide bonds. The van der Waals surface area contributed by atoms with E-state index in [-0.39, 0.29) is 53.2 Å².